The smallest absolute Gasteiger partial charge is 0.223 e. The highest BCUT2D eigenvalue weighted by atomic mass is 35.5. The second-order valence-corrected chi connectivity index (χ2v) is 7.95. The van der Waals surface area contributed by atoms with Gasteiger partial charge in [-0.15, -0.1) is 0 Å². The number of carbonyl (C=O) groups is 1. The van der Waals surface area contributed by atoms with Crippen molar-refractivity contribution in [1.82, 2.24) is 5.32 Å². The highest BCUT2D eigenvalue weighted by Gasteiger charge is 2.22. The molecule has 1 amide bonds. The number of hydrogen-bond donors (Lipinski definition) is 1. The minimum absolute atomic E-state index is 0.0122. The van der Waals surface area contributed by atoms with Crippen molar-refractivity contribution >= 4 is 27.3 Å². The van der Waals surface area contributed by atoms with E-state index < -0.39 is 9.84 Å². The van der Waals surface area contributed by atoms with Gasteiger partial charge < -0.3 is 5.32 Å². The molecule has 1 saturated carbocycles. The van der Waals surface area contributed by atoms with Crippen molar-refractivity contribution in [3.8, 4) is 0 Å². The summed E-state index contributed by atoms with van der Waals surface area (Å²) in [5, 5.41) is 3.24. The first-order valence-corrected chi connectivity index (χ1v) is 9.28. The van der Waals surface area contributed by atoms with Gasteiger partial charge in [0.15, 0.2) is 9.84 Å². The van der Waals surface area contributed by atoms with E-state index in [1.165, 1.54) is 6.07 Å². The van der Waals surface area contributed by atoms with E-state index in [1.807, 2.05) is 0 Å². The van der Waals surface area contributed by atoms with Gasteiger partial charge in [0.1, 0.15) is 0 Å². The van der Waals surface area contributed by atoms with Crippen LogP contribution in [-0.2, 0) is 14.6 Å². The fourth-order valence-electron chi connectivity index (χ4n) is 2.58. The Morgan fingerprint density at radius 3 is 2.67 bits per heavy atom. The third kappa shape index (κ3) is 4.71. The van der Waals surface area contributed by atoms with Crippen molar-refractivity contribution < 1.29 is 13.2 Å². The topological polar surface area (TPSA) is 63.2 Å². The van der Waals surface area contributed by atoms with Crippen LogP contribution in [0.2, 0.25) is 5.02 Å². The van der Waals surface area contributed by atoms with Crippen LogP contribution in [-0.4, -0.2) is 26.6 Å². The molecule has 0 saturated heterocycles. The Labute approximate surface area is 130 Å². The second-order valence-electron chi connectivity index (χ2n) is 5.40. The molecule has 1 N–H and O–H groups in total. The second kappa shape index (κ2) is 7.27. The average Bonchev–Trinajstić information content (AvgIpc) is 2.97. The number of halogens is 1. The van der Waals surface area contributed by atoms with E-state index in [1.54, 1.807) is 18.2 Å². The molecule has 1 aromatic carbocycles. The van der Waals surface area contributed by atoms with Crippen LogP contribution in [0.15, 0.2) is 29.2 Å². The summed E-state index contributed by atoms with van der Waals surface area (Å²) in [5.74, 6) is 0.195. The Bertz CT molecular complexity index is 595. The standard InChI is InChI=1S/C15H20ClNO3S/c16-13-7-3-8-14(11-13)21(19,20)10-4-9-17-15(18)12-5-1-2-6-12/h3,7-8,11-12H,1-2,4-6,9-10H2,(H,17,18). The highest BCUT2D eigenvalue weighted by molar-refractivity contribution is 7.91. The van der Waals surface area contributed by atoms with Gasteiger partial charge in [-0.2, -0.15) is 0 Å². The Balaban J connectivity index is 1.78. The molecule has 4 nitrogen and oxygen atoms in total. The van der Waals surface area contributed by atoms with Crippen molar-refractivity contribution in [2.75, 3.05) is 12.3 Å². The molecule has 0 aliphatic heterocycles. The molecule has 116 valence electrons. The lowest BCUT2D eigenvalue weighted by Crippen LogP contribution is -2.30. The van der Waals surface area contributed by atoms with E-state index in [-0.39, 0.29) is 22.5 Å². The fraction of sp³-hybridized carbons (Fsp3) is 0.533. The van der Waals surface area contributed by atoms with Gasteiger partial charge in [-0.05, 0) is 37.5 Å². The summed E-state index contributed by atoms with van der Waals surface area (Å²) in [6.45, 7) is 0.398. The molecule has 0 atom stereocenters. The van der Waals surface area contributed by atoms with Gasteiger partial charge in [0.25, 0.3) is 0 Å². The Morgan fingerprint density at radius 1 is 1.29 bits per heavy atom. The summed E-state index contributed by atoms with van der Waals surface area (Å²) >= 11 is 5.81. The van der Waals surface area contributed by atoms with E-state index in [0.29, 0.717) is 18.0 Å². The van der Waals surface area contributed by atoms with Crippen LogP contribution in [0.25, 0.3) is 0 Å². The maximum atomic E-state index is 12.1. The Kier molecular flexibility index (Phi) is 5.65. The molecular weight excluding hydrogens is 310 g/mol. The van der Waals surface area contributed by atoms with E-state index in [9.17, 15) is 13.2 Å². The summed E-state index contributed by atoms with van der Waals surface area (Å²) in [5.41, 5.74) is 0. The SMILES string of the molecule is O=C(NCCCS(=O)(=O)c1cccc(Cl)c1)C1CCCC1. The number of rotatable bonds is 6. The number of hydrogen-bond acceptors (Lipinski definition) is 3. The van der Waals surface area contributed by atoms with Crippen LogP contribution in [0.4, 0.5) is 0 Å². The number of amides is 1. The zero-order valence-electron chi connectivity index (χ0n) is 11.8. The third-order valence-electron chi connectivity index (χ3n) is 3.77. The van der Waals surface area contributed by atoms with E-state index in [2.05, 4.69) is 5.32 Å². The lowest BCUT2D eigenvalue weighted by atomic mass is 10.1. The molecule has 1 aliphatic rings. The number of carbonyl (C=O) groups excluding carboxylic acids is 1. The Hall–Kier alpha value is -1.07. The van der Waals surface area contributed by atoms with Crippen molar-refractivity contribution in [3.05, 3.63) is 29.3 Å². The molecule has 1 aromatic rings. The molecule has 1 fully saturated rings. The van der Waals surface area contributed by atoms with Gasteiger partial charge in [-0.25, -0.2) is 8.42 Å². The van der Waals surface area contributed by atoms with Crippen molar-refractivity contribution in [1.29, 1.82) is 0 Å². The van der Waals surface area contributed by atoms with Crippen LogP contribution in [0.5, 0.6) is 0 Å². The van der Waals surface area contributed by atoms with Gasteiger partial charge in [0.2, 0.25) is 5.91 Å². The fourth-order valence-corrected chi connectivity index (χ4v) is 4.19. The van der Waals surface area contributed by atoms with Crippen LogP contribution in [0.1, 0.15) is 32.1 Å². The van der Waals surface area contributed by atoms with Gasteiger partial charge in [-0.3, -0.25) is 4.79 Å². The molecule has 0 spiro atoms. The summed E-state index contributed by atoms with van der Waals surface area (Å²) in [6.07, 6.45) is 4.54. The first-order chi connectivity index (χ1) is 9.99. The molecule has 0 radical (unpaired) electrons. The van der Waals surface area contributed by atoms with E-state index in [0.717, 1.165) is 25.7 Å². The predicted molar refractivity (Wildman–Crippen MR) is 83.1 cm³/mol. The van der Waals surface area contributed by atoms with Crippen molar-refractivity contribution in [3.63, 3.8) is 0 Å². The molecular formula is C15H20ClNO3S. The van der Waals surface area contributed by atoms with Gasteiger partial charge in [0, 0.05) is 17.5 Å². The average molecular weight is 330 g/mol. The molecule has 6 heteroatoms. The third-order valence-corrected chi connectivity index (χ3v) is 5.80. The molecule has 21 heavy (non-hydrogen) atoms. The van der Waals surface area contributed by atoms with Crippen molar-refractivity contribution in [2.24, 2.45) is 5.92 Å². The van der Waals surface area contributed by atoms with Crippen LogP contribution < -0.4 is 5.32 Å². The highest BCUT2D eigenvalue weighted by Crippen LogP contribution is 2.24. The Morgan fingerprint density at radius 2 is 2.00 bits per heavy atom. The van der Waals surface area contributed by atoms with Crippen LogP contribution in [0, 0.1) is 5.92 Å². The number of nitrogens with one attached hydrogen (secondary N) is 1. The summed E-state index contributed by atoms with van der Waals surface area (Å²) < 4.78 is 24.2. The van der Waals surface area contributed by atoms with Gasteiger partial charge >= 0.3 is 0 Å². The normalized spacial score (nSPS) is 16.0. The molecule has 0 unspecified atom stereocenters. The summed E-state index contributed by atoms with van der Waals surface area (Å²) in [6, 6.07) is 6.26. The number of sulfone groups is 1. The first kappa shape index (κ1) is 16.3. The minimum Gasteiger partial charge on any atom is -0.356 e. The van der Waals surface area contributed by atoms with Crippen molar-refractivity contribution in [2.45, 2.75) is 37.0 Å². The zero-order chi connectivity index (χ0) is 15.3. The van der Waals surface area contributed by atoms with E-state index >= 15 is 0 Å². The molecule has 0 aromatic heterocycles. The minimum atomic E-state index is -3.34. The molecule has 0 heterocycles. The maximum absolute atomic E-state index is 12.1. The predicted octanol–water partition coefficient (Wildman–Crippen LogP) is 2.81. The summed E-state index contributed by atoms with van der Waals surface area (Å²) in [7, 11) is -3.34. The molecule has 1 aliphatic carbocycles. The lowest BCUT2D eigenvalue weighted by molar-refractivity contribution is -0.124. The monoisotopic (exact) mass is 329 g/mol. The summed E-state index contributed by atoms with van der Waals surface area (Å²) in [4.78, 5) is 12.0. The largest absolute Gasteiger partial charge is 0.356 e. The maximum Gasteiger partial charge on any atom is 0.223 e. The molecule has 0 bridgehead atoms. The van der Waals surface area contributed by atoms with E-state index in [4.69, 9.17) is 11.6 Å². The molecule has 2 rings (SSSR count). The lowest BCUT2D eigenvalue weighted by Gasteiger charge is -2.10. The zero-order valence-corrected chi connectivity index (χ0v) is 13.4. The quantitative estimate of drug-likeness (QED) is 0.816. The van der Waals surface area contributed by atoms with Gasteiger partial charge in [0.05, 0.1) is 10.6 Å². The van der Waals surface area contributed by atoms with Crippen LogP contribution >= 0.6 is 11.6 Å². The van der Waals surface area contributed by atoms with Crippen LogP contribution in [0.3, 0.4) is 0 Å². The first-order valence-electron chi connectivity index (χ1n) is 7.25. The number of benzene rings is 1. The van der Waals surface area contributed by atoms with Gasteiger partial charge in [-0.1, -0.05) is 30.5 Å².